The summed E-state index contributed by atoms with van der Waals surface area (Å²) < 4.78 is 28.0. The first-order valence-electron chi connectivity index (χ1n) is 6.45. The SMILES string of the molecule is Fc1ccccc1-c1ccc(-c2cccc(Cl)c2)cc1F. The Bertz CT molecular complexity index is 797. The summed E-state index contributed by atoms with van der Waals surface area (Å²) in [6, 6.07) is 18.1. The van der Waals surface area contributed by atoms with Crippen molar-refractivity contribution in [2.45, 2.75) is 0 Å². The molecule has 0 atom stereocenters. The fraction of sp³-hybridized carbons (Fsp3) is 0. The number of benzene rings is 3. The van der Waals surface area contributed by atoms with Crippen molar-refractivity contribution >= 4 is 11.6 Å². The van der Waals surface area contributed by atoms with Crippen LogP contribution in [0.4, 0.5) is 8.78 Å². The molecule has 0 bridgehead atoms. The van der Waals surface area contributed by atoms with E-state index in [2.05, 4.69) is 0 Å². The van der Waals surface area contributed by atoms with Gasteiger partial charge in [-0.2, -0.15) is 0 Å². The molecule has 3 aromatic rings. The molecule has 0 aromatic heterocycles. The normalized spacial score (nSPS) is 10.6. The molecule has 3 aromatic carbocycles. The van der Waals surface area contributed by atoms with Crippen LogP contribution in [-0.4, -0.2) is 0 Å². The van der Waals surface area contributed by atoms with Gasteiger partial charge in [-0.25, -0.2) is 8.78 Å². The van der Waals surface area contributed by atoms with Gasteiger partial charge in [-0.1, -0.05) is 54.1 Å². The molecule has 0 aliphatic carbocycles. The molecule has 0 aliphatic heterocycles. The lowest BCUT2D eigenvalue weighted by atomic mass is 9.99. The molecule has 0 amide bonds. The highest BCUT2D eigenvalue weighted by molar-refractivity contribution is 6.30. The topological polar surface area (TPSA) is 0 Å². The van der Waals surface area contributed by atoms with E-state index in [9.17, 15) is 8.78 Å². The van der Waals surface area contributed by atoms with Gasteiger partial charge in [0.15, 0.2) is 0 Å². The second-order valence-electron chi connectivity index (χ2n) is 4.68. The maximum atomic E-state index is 14.3. The van der Waals surface area contributed by atoms with Crippen LogP contribution in [0.15, 0.2) is 66.7 Å². The predicted molar refractivity (Wildman–Crippen MR) is 82.2 cm³/mol. The zero-order valence-corrected chi connectivity index (χ0v) is 11.7. The summed E-state index contributed by atoms with van der Waals surface area (Å²) in [7, 11) is 0. The van der Waals surface area contributed by atoms with E-state index in [0.717, 1.165) is 5.56 Å². The highest BCUT2D eigenvalue weighted by Gasteiger charge is 2.10. The van der Waals surface area contributed by atoms with Gasteiger partial charge in [0.25, 0.3) is 0 Å². The first-order chi connectivity index (χ1) is 10.1. The van der Waals surface area contributed by atoms with Crippen molar-refractivity contribution in [3.8, 4) is 22.3 Å². The van der Waals surface area contributed by atoms with Crippen LogP contribution in [-0.2, 0) is 0 Å². The van der Waals surface area contributed by atoms with Crippen molar-refractivity contribution in [2.75, 3.05) is 0 Å². The highest BCUT2D eigenvalue weighted by Crippen LogP contribution is 2.30. The Morgan fingerprint density at radius 1 is 0.619 bits per heavy atom. The molecule has 0 radical (unpaired) electrons. The molecule has 0 spiro atoms. The lowest BCUT2D eigenvalue weighted by Crippen LogP contribution is -1.89. The average Bonchev–Trinajstić information content (AvgIpc) is 2.48. The van der Waals surface area contributed by atoms with Crippen molar-refractivity contribution in [2.24, 2.45) is 0 Å². The minimum absolute atomic E-state index is 0.249. The molecule has 0 saturated heterocycles. The fourth-order valence-electron chi connectivity index (χ4n) is 2.26. The summed E-state index contributed by atoms with van der Waals surface area (Å²) in [5.41, 5.74) is 2.03. The minimum Gasteiger partial charge on any atom is -0.206 e. The smallest absolute Gasteiger partial charge is 0.131 e. The molecule has 3 heteroatoms. The van der Waals surface area contributed by atoms with Crippen LogP contribution in [0, 0.1) is 11.6 Å². The number of hydrogen-bond donors (Lipinski definition) is 0. The zero-order chi connectivity index (χ0) is 14.8. The Labute approximate surface area is 126 Å². The van der Waals surface area contributed by atoms with Gasteiger partial charge in [-0.3, -0.25) is 0 Å². The monoisotopic (exact) mass is 300 g/mol. The van der Waals surface area contributed by atoms with Gasteiger partial charge in [0, 0.05) is 16.1 Å². The first kappa shape index (κ1) is 13.8. The summed E-state index contributed by atoms with van der Waals surface area (Å²) >= 11 is 5.94. The molecule has 0 saturated carbocycles. The second-order valence-corrected chi connectivity index (χ2v) is 5.12. The van der Waals surface area contributed by atoms with Crippen LogP contribution in [0.2, 0.25) is 5.02 Å². The van der Waals surface area contributed by atoms with Crippen LogP contribution in [0.1, 0.15) is 0 Å². The van der Waals surface area contributed by atoms with Crippen LogP contribution < -0.4 is 0 Å². The van der Waals surface area contributed by atoms with Crippen LogP contribution >= 0.6 is 11.6 Å². The van der Waals surface area contributed by atoms with Crippen molar-refractivity contribution in [3.63, 3.8) is 0 Å². The van der Waals surface area contributed by atoms with Crippen LogP contribution in [0.3, 0.4) is 0 Å². The number of rotatable bonds is 2. The average molecular weight is 301 g/mol. The van der Waals surface area contributed by atoms with Gasteiger partial charge in [-0.15, -0.1) is 0 Å². The Morgan fingerprint density at radius 3 is 2.05 bits per heavy atom. The Morgan fingerprint density at radius 2 is 1.33 bits per heavy atom. The highest BCUT2D eigenvalue weighted by atomic mass is 35.5. The molecule has 0 N–H and O–H groups in total. The molecule has 104 valence electrons. The molecule has 0 nitrogen and oxygen atoms in total. The minimum atomic E-state index is -0.461. The third kappa shape index (κ3) is 2.81. The van der Waals surface area contributed by atoms with Crippen molar-refractivity contribution < 1.29 is 8.78 Å². The molecule has 0 aliphatic rings. The lowest BCUT2D eigenvalue weighted by molar-refractivity contribution is 0.616. The molecular weight excluding hydrogens is 290 g/mol. The summed E-state index contributed by atoms with van der Waals surface area (Å²) in [6.07, 6.45) is 0. The van der Waals surface area contributed by atoms with Crippen LogP contribution in [0.5, 0.6) is 0 Å². The van der Waals surface area contributed by atoms with E-state index in [1.807, 2.05) is 6.07 Å². The Kier molecular flexibility index (Phi) is 3.72. The van der Waals surface area contributed by atoms with Crippen molar-refractivity contribution in [1.82, 2.24) is 0 Å². The van der Waals surface area contributed by atoms with E-state index in [4.69, 9.17) is 11.6 Å². The lowest BCUT2D eigenvalue weighted by Gasteiger charge is -2.08. The van der Waals surface area contributed by atoms with Crippen LogP contribution in [0.25, 0.3) is 22.3 Å². The first-order valence-corrected chi connectivity index (χ1v) is 6.83. The van der Waals surface area contributed by atoms with E-state index in [-0.39, 0.29) is 11.1 Å². The molecule has 0 fully saturated rings. The summed E-state index contributed by atoms with van der Waals surface area (Å²) in [5.74, 6) is -0.899. The maximum Gasteiger partial charge on any atom is 0.131 e. The molecule has 3 rings (SSSR count). The van der Waals surface area contributed by atoms with E-state index < -0.39 is 11.6 Å². The zero-order valence-electron chi connectivity index (χ0n) is 11.0. The largest absolute Gasteiger partial charge is 0.206 e. The van der Waals surface area contributed by atoms with Gasteiger partial charge in [0.05, 0.1) is 0 Å². The van der Waals surface area contributed by atoms with Gasteiger partial charge in [-0.05, 0) is 35.4 Å². The van der Waals surface area contributed by atoms with E-state index in [0.29, 0.717) is 10.6 Å². The summed E-state index contributed by atoms with van der Waals surface area (Å²) in [5, 5.41) is 0.589. The second kappa shape index (κ2) is 5.66. The summed E-state index contributed by atoms with van der Waals surface area (Å²) in [6.45, 7) is 0. The van der Waals surface area contributed by atoms with E-state index >= 15 is 0 Å². The quantitative estimate of drug-likeness (QED) is 0.548. The maximum absolute atomic E-state index is 14.3. The Hall–Kier alpha value is -2.19. The number of halogens is 3. The van der Waals surface area contributed by atoms with Gasteiger partial charge in [0.2, 0.25) is 0 Å². The third-order valence-electron chi connectivity index (χ3n) is 3.29. The van der Waals surface area contributed by atoms with E-state index in [1.165, 1.54) is 12.1 Å². The molecule has 0 heterocycles. The van der Waals surface area contributed by atoms with Crippen molar-refractivity contribution in [3.05, 3.63) is 83.4 Å². The predicted octanol–water partition coefficient (Wildman–Crippen LogP) is 5.95. The third-order valence-corrected chi connectivity index (χ3v) is 3.53. The molecule has 0 unspecified atom stereocenters. The van der Waals surface area contributed by atoms with Gasteiger partial charge in [0.1, 0.15) is 11.6 Å². The summed E-state index contributed by atoms with van der Waals surface area (Å²) in [4.78, 5) is 0. The standard InChI is InChI=1S/C18H11ClF2/c19-14-5-3-4-12(10-14)13-8-9-16(18(21)11-13)15-6-1-2-7-17(15)20/h1-11H. The molecular formula is C18H11ClF2. The molecule has 21 heavy (non-hydrogen) atoms. The van der Waals surface area contributed by atoms with Crippen molar-refractivity contribution in [1.29, 1.82) is 0 Å². The number of hydrogen-bond acceptors (Lipinski definition) is 0. The van der Waals surface area contributed by atoms with Gasteiger partial charge >= 0.3 is 0 Å². The fourth-order valence-corrected chi connectivity index (χ4v) is 2.45. The van der Waals surface area contributed by atoms with E-state index in [1.54, 1.807) is 48.5 Å². The Balaban J connectivity index is 2.07. The van der Waals surface area contributed by atoms with Gasteiger partial charge < -0.3 is 0 Å².